The Labute approximate surface area is 125 Å². The number of Topliss-reactive ketones (excluding diaryl/α,β-unsaturated/α-hetero) is 1. The molecule has 0 aromatic heterocycles. The number of benzene rings is 2. The maximum Gasteiger partial charge on any atom is 0.170 e. The number of ketones is 1. The Balaban J connectivity index is 0.000000636. The van der Waals surface area contributed by atoms with Crippen LogP contribution in [0.5, 0.6) is 0 Å². The van der Waals surface area contributed by atoms with Gasteiger partial charge in [0.15, 0.2) is 5.78 Å². The first kappa shape index (κ1) is 13.6. The largest absolute Gasteiger partial charge is 0.293 e. The molecule has 2 aliphatic carbocycles. The van der Waals surface area contributed by atoms with Crippen molar-refractivity contribution in [3.05, 3.63) is 90.0 Å². The Morgan fingerprint density at radius 2 is 1.48 bits per heavy atom. The number of fused-ring (bicyclic) bond motifs is 2. The molecule has 0 amide bonds. The van der Waals surface area contributed by atoms with Crippen LogP contribution in [-0.4, -0.2) is 5.78 Å². The van der Waals surface area contributed by atoms with Gasteiger partial charge in [0.1, 0.15) is 0 Å². The van der Waals surface area contributed by atoms with Crippen molar-refractivity contribution in [1.82, 2.24) is 0 Å². The van der Waals surface area contributed by atoms with E-state index < -0.39 is 0 Å². The van der Waals surface area contributed by atoms with Crippen molar-refractivity contribution in [2.24, 2.45) is 5.92 Å². The minimum Gasteiger partial charge on any atom is -0.293 e. The molecule has 0 aliphatic heterocycles. The maximum atomic E-state index is 12.6. The normalized spacial score (nSPS) is 18.4. The third-order valence-electron chi connectivity index (χ3n) is 4.27. The van der Waals surface area contributed by atoms with E-state index in [0.29, 0.717) is 5.78 Å². The van der Waals surface area contributed by atoms with Crippen LogP contribution in [0, 0.1) is 5.92 Å². The van der Waals surface area contributed by atoms with E-state index in [4.69, 9.17) is 0 Å². The summed E-state index contributed by atoms with van der Waals surface area (Å²) in [6.07, 6.45) is 4.06. The first-order valence-electron chi connectivity index (χ1n) is 7.25. The van der Waals surface area contributed by atoms with Crippen LogP contribution in [0.15, 0.2) is 67.8 Å². The van der Waals surface area contributed by atoms with Crippen LogP contribution in [-0.2, 0) is 12.8 Å². The van der Waals surface area contributed by atoms with Gasteiger partial charge in [-0.1, -0.05) is 54.6 Å². The number of rotatable bonds is 1. The molecule has 1 nitrogen and oxygen atoms in total. The van der Waals surface area contributed by atoms with E-state index in [-0.39, 0.29) is 5.92 Å². The lowest BCUT2D eigenvalue weighted by atomic mass is 9.91. The predicted molar refractivity (Wildman–Crippen MR) is 87.3 cm³/mol. The average molecular weight is 274 g/mol. The van der Waals surface area contributed by atoms with Crippen molar-refractivity contribution >= 4 is 11.4 Å². The monoisotopic (exact) mass is 274 g/mol. The minimum atomic E-state index is 0.0287. The zero-order valence-electron chi connectivity index (χ0n) is 12.0. The fraction of sp³-hybridized carbons (Fsp3) is 0.150. The lowest BCUT2D eigenvalue weighted by Crippen LogP contribution is -2.10. The molecule has 2 aromatic carbocycles. The highest BCUT2D eigenvalue weighted by Crippen LogP contribution is 2.40. The number of hydrogen-bond acceptors (Lipinski definition) is 1. The molecule has 2 aromatic rings. The molecule has 104 valence electrons. The molecule has 0 spiro atoms. The Morgan fingerprint density at radius 3 is 2.19 bits per heavy atom. The van der Waals surface area contributed by atoms with Gasteiger partial charge in [0.2, 0.25) is 0 Å². The van der Waals surface area contributed by atoms with Gasteiger partial charge in [0.05, 0.1) is 5.92 Å². The maximum absolute atomic E-state index is 12.6. The predicted octanol–water partition coefficient (Wildman–Crippen LogP) is 4.48. The van der Waals surface area contributed by atoms with Gasteiger partial charge in [0, 0.05) is 5.56 Å². The number of carbonyl (C=O) groups excluding carboxylic acids is 1. The van der Waals surface area contributed by atoms with Crippen LogP contribution in [0.4, 0.5) is 0 Å². The first-order chi connectivity index (χ1) is 10.3. The molecule has 0 saturated heterocycles. The van der Waals surface area contributed by atoms with Gasteiger partial charge in [-0.15, -0.1) is 13.2 Å². The third kappa shape index (κ3) is 2.15. The Bertz CT molecular complexity index is 724. The van der Waals surface area contributed by atoms with Crippen molar-refractivity contribution in [2.45, 2.75) is 12.8 Å². The molecule has 1 heteroatoms. The van der Waals surface area contributed by atoms with Crippen molar-refractivity contribution < 1.29 is 4.79 Å². The van der Waals surface area contributed by atoms with E-state index >= 15 is 0 Å². The smallest absolute Gasteiger partial charge is 0.170 e. The van der Waals surface area contributed by atoms with E-state index in [1.165, 1.54) is 22.3 Å². The molecule has 1 unspecified atom stereocenters. The van der Waals surface area contributed by atoms with Crippen molar-refractivity contribution in [3.8, 4) is 0 Å². The standard InChI is InChI=1S/C18H14O.C2H4/c19-18-15-8-4-2-6-13(15)11-17(18)16-10-9-12-5-1-3-7-14(12)16;1-2/h1-8,10,17H,9,11H2;1-2H2. The molecule has 0 N–H and O–H groups in total. The van der Waals surface area contributed by atoms with E-state index in [2.05, 4.69) is 49.6 Å². The van der Waals surface area contributed by atoms with Crippen LogP contribution < -0.4 is 0 Å². The fourth-order valence-electron chi connectivity index (χ4n) is 3.33. The summed E-state index contributed by atoms with van der Waals surface area (Å²) in [6.45, 7) is 6.00. The molecule has 1 atom stereocenters. The van der Waals surface area contributed by atoms with Crippen molar-refractivity contribution in [2.75, 3.05) is 0 Å². The number of hydrogen-bond donors (Lipinski definition) is 0. The second kappa shape index (κ2) is 5.53. The van der Waals surface area contributed by atoms with Gasteiger partial charge < -0.3 is 0 Å². The zero-order valence-corrected chi connectivity index (χ0v) is 12.0. The quantitative estimate of drug-likeness (QED) is 0.701. The lowest BCUT2D eigenvalue weighted by molar-refractivity contribution is 0.0964. The number of carbonyl (C=O) groups is 1. The molecule has 4 rings (SSSR count). The molecular weight excluding hydrogens is 256 g/mol. The van der Waals surface area contributed by atoms with Gasteiger partial charge in [-0.25, -0.2) is 0 Å². The molecule has 0 bridgehead atoms. The summed E-state index contributed by atoms with van der Waals surface area (Å²) in [5.41, 5.74) is 5.97. The molecular formula is C20H18O. The van der Waals surface area contributed by atoms with Crippen molar-refractivity contribution in [1.29, 1.82) is 0 Å². The van der Waals surface area contributed by atoms with Crippen LogP contribution in [0.3, 0.4) is 0 Å². The minimum absolute atomic E-state index is 0.0287. The highest BCUT2D eigenvalue weighted by atomic mass is 16.1. The van der Waals surface area contributed by atoms with Crippen molar-refractivity contribution in [3.63, 3.8) is 0 Å². The molecule has 0 fully saturated rings. The first-order valence-corrected chi connectivity index (χ1v) is 7.25. The summed E-state index contributed by atoms with van der Waals surface area (Å²) >= 11 is 0. The topological polar surface area (TPSA) is 17.1 Å². The van der Waals surface area contributed by atoms with Gasteiger partial charge in [-0.2, -0.15) is 0 Å². The fourth-order valence-corrected chi connectivity index (χ4v) is 3.33. The highest BCUT2D eigenvalue weighted by Gasteiger charge is 2.34. The molecule has 2 aliphatic rings. The summed E-state index contributed by atoms with van der Waals surface area (Å²) < 4.78 is 0. The lowest BCUT2D eigenvalue weighted by Gasteiger charge is -2.11. The average Bonchev–Trinajstić information content (AvgIpc) is 3.11. The summed E-state index contributed by atoms with van der Waals surface area (Å²) in [7, 11) is 0. The Morgan fingerprint density at radius 1 is 0.857 bits per heavy atom. The second-order valence-corrected chi connectivity index (χ2v) is 5.30. The summed E-state index contributed by atoms with van der Waals surface area (Å²) in [4.78, 5) is 12.6. The van der Waals surface area contributed by atoms with E-state index in [0.717, 1.165) is 18.4 Å². The molecule has 0 radical (unpaired) electrons. The SMILES string of the molecule is C=C.O=C1c2ccccc2CC1C1=CCc2ccccc21. The zero-order chi connectivity index (χ0) is 14.8. The molecule has 0 heterocycles. The second-order valence-electron chi connectivity index (χ2n) is 5.30. The van der Waals surface area contributed by atoms with Gasteiger partial charge in [0.25, 0.3) is 0 Å². The van der Waals surface area contributed by atoms with Gasteiger partial charge in [-0.05, 0) is 35.1 Å². The summed E-state index contributed by atoms with van der Waals surface area (Å²) in [5.74, 6) is 0.319. The molecule has 0 saturated carbocycles. The van der Waals surface area contributed by atoms with Crippen LogP contribution in [0.2, 0.25) is 0 Å². The Hall–Kier alpha value is -2.41. The summed E-state index contributed by atoms with van der Waals surface area (Å²) in [6, 6.07) is 16.4. The van der Waals surface area contributed by atoms with E-state index in [1.807, 2.05) is 18.2 Å². The van der Waals surface area contributed by atoms with E-state index in [9.17, 15) is 4.79 Å². The third-order valence-corrected chi connectivity index (χ3v) is 4.27. The number of allylic oxidation sites excluding steroid dienone is 2. The summed E-state index contributed by atoms with van der Waals surface area (Å²) in [5, 5.41) is 0. The van der Waals surface area contributed by atoms with Crippen LogP contribution >= 0.6 is 0 Å². The van der Waals surface area contributed by atoms with Crippen LogP contribution in [0.1, 0.15) is 27.0 Å². The molecule has 21 heavy (non-hydrogen) atoms. The van der Waals surface area contributed by atoms with Crippen LogP contribution in [0.25, 0.3) is 5.57 Å². The van der Waals surface area contributed by atoms with E-state index in [1.54, 1.807) is 0 Å². The van der Waals surface area contributed by atoms with Gasteiger partial charge >= 0.3 is 0 Å². The van der Waals surface area contributed by atoms with Gasteiger partial charge in [-0.3, -0.25) is 4.79 Å². The Kier molecular flexibility index (Phi) is 3.57. The highest BCUT2D eigenvalue weighted by molar-refractivity contribution is 6.09.